The van der Waals surface area contributed by atoms with Gasteiger partial charge in [-0.15, -0.1) is 0 Å². The van der Waals surface area contributed by atoms with Crippen LogP contribution in [0.15, 0.2) is 71.7 Å². The topological polar surface area (TPSA) is 76.9 Å². The molecule has 0 aliphatic heterocycles. The van der Waals surface area contributed by atoms with Gasteiger partial charge in [-0.05, 0) is 49.4 Å². The van der Waals surface area contributed by atoms with E-state index in [4.69, 9.17) is 11.6 Å². The molecule has 0 unspecified atom stereocenters. The maximum Gasteiger partial charge on any atom is 0.267 e. The van der Waals surface area contributed by atoms with Gasteiger partial charge in [0.15, 0.2) is 5.65 Å². The zero-order valence-corrected chi connectivity index (χ0v) is 15.6. The zero-order chi connectivity index (χ0) is 19.7. The summed E-state index contributed by atoms with van der Waals surface area (Å²) >= 11 is 6.09. The standard InChI is InChI=1S/C21H15ClN4O2/c1-13-24-19-17(9-5-11-23-19)21(28)26(13)15-7-4-6-14(12-15)25-20(27)16-8-2-3-10-18(16)22/h2-12H,1H3,(H,25,27). The number of carbonyl (C=O) groups is 1. The van der Waals surface area contributed by atoms with Crippen LogP contribution in [0.1, 0.15) is 16.2 Å². The van der Waals surface area contributed by atoms with E-state index >= 15 is 0 Å². The Balaban J connectivity index is 1.74. The van der Waals surface area contributed by atoms with E-state index in [0.29, 0.717) is 38.8 Å². The van der Waals surface area contributed by atoms with Crippen molar-refractivity contribution < 1.29 is 4.79 Å². The first-order valence-electron chi connectivity index (χ1n) is 8.55. The number of benzene rings is 2. The Morgan fingerprint density at radius 1 is 1.07 bits per heavy atom. The molecule has 0 spiro atoms. The van der Waals surface area contributed by atoms with Crippen LogP contribution < -0.4 is 10.9 Å². The largest absolute Gasteiger partial charge is 0.322 e. The third-order valence-electron chi connectivity index (χ3n) is 4.29. The van der Waals surface area contributed by atoms with E-state index in [1.807, 2.05) is 0 Å². The first-order valence-corrected chi connectivity index (χ1v) is 8.93. The molecular formula is C21H15ClN4O2. The minimum absolute atomic E-state index is 0.217. The van der Waals surface area contributed by atoms with Crippen LogP contribution in [-0.4, -0.2) is 20.4 Å². The van der Waals surface area contributed by atoms with Crippen LogP contribution in [0.2, 0.25) is 5.02 Å². The van der Waals surface area contributed by atoms with Crippen LogP contribution in [0, 0.1) is 6.92 Å². The van der Waals surface area contributed by atoms with Crippen molar-refractivity contribution in [1.29, 1.82) is 0 Å². The molecule has 1 amide bonds. The lowest BCUT2D eigenvalue weighted by atomic mass is 10.2. The molecule has 4 rings (SSSR count). The number of halogens is 1. The Hall–Kier alpha value is -3.51. The van der Waals surface area contributed by atoms with E-state index in [1.165, 1.54) is 4.57 Å². The predicted octanol–water partition coefficient (Wildman–Crippen LogP) is 3.99. The number of nitrogens with one attached hydrogen (secondary N) is 1. The number of hydrogen-bond donors (Lipinski definition) is 1. The molecule has 0 radical (unpaired) electrons. The van der Waals surface area contributed by atoms with Crippen LogP contribution >= 0.6 is 11.6 Å². The highest BCUT2D eigenvalue weighted by molar-refractivity contribution is 6.34. The Bertz CT molecular complexity index is 1270. The van der Waals surface area contributed by atoms with Crippen molar-refractivity contribution in [2.75, 3.05) is 5.32 Å². The molecule has 0 saturated heterocycles. The number of rotatable bonds is 3. The summed E-state index contributed by atoms with van der Waals surface area (Å²) in [6.45, 7) is 1.74. The summed E-state index contributed by atoms with van der Waals surface area (Å²) in [7, 11) is 0. The highest BCUT2D eigenvalue weighted by Gasteiger charge is 2.13. The predicted molar refractivity (Wildman–Crippen MR) is 109 cm³/mol. The lowest BCUT2D eigenvalue weighted by molar-refractivity contribution is 0.102. The quantitative estimate of drug-likeness (QED) is 0.573. The van der Waals surface area contributed by atoms with Gasteiger partial charge in [-0.25, -0.2) is 9.97 Å². The molecule has 2 heterocycles. The fourth-order valence-corrected chi connectivity index (χ4v) is 3.22. The Kier molecular flexibility index (Phi) is 4.63. The highest BCUT2D eigenvalue weighted by Crippen LogP contribution is 2.19. The number of carbonyl (C=O) groups excluding carboxylic acids is 1. The fourth-order valence-electron chi connectivity index (χ4n) is 2.99. The van der Waals surface area contributed by atoms with Gasteiger partial charge in [-0.1, -0.05) is 29.8 Å². The molecule has 0 fully saturated rings. The van der Waals surface area contributed by atoms with E-state index in [0.717, 1.165) is 0 Å². The van der Waals surface area contributed by atoms with Crippen LogP contribution in [-0.2, 0) is 0 Å². The molecular weight excluding hydrogens is 376 g/mol. The molecule has 0 saturated carbocycles. The maximum absolute atomic E-state index is 12.9. The van der Waals surface area contributed by atoms with Gasteiger partial charge in [0.2, 0.25) is 0 Å². The average molecular weight is 391 g/mol. The molecule has 2 aromatic carbocycles. The van der Waals surface area contributed by atoms with Crippen molar-refractivity contribution in [3.8, 4) is 5.69 Å². The Labute approximate surface area is 165 Å². The number of aromatic nitrogens is 3. The number of aryl methyl sites for hydroxylation is 1. The molecule has 0 atom stereocenters. The SMILES string of the molecule is Cc1nc2ncccc2c(=O)n1-c1cccc(NC(=O)c2ccccc2Cl)c1. The van der Waals surface area contributed by atoms with Gasteiger partial charge in [0.05, 0.1) is 21.7 Å². The summed E-state index contributed by atoms with van der Waals surface area (Å²) in [6.07, 6.45) is 1.60. The molecule has 2 aromatic heterocycles. The number of anilines is 1. The first-order chi connectivity index (χ1) is 13.5. The van der Waals surface area contributed by atoms with Gasteiger partial charge in [-0.2, -0.15) is 0 Å². The van der Waals surface area contributed by atoms with E-state index in [9.17, 15) is 9.59 Å². The van der Waals surface area contributed by atoms with Crippen molar-refractivity contribution in [1.82, 2.24) is 14.5 Å². The van der Waals surface area contributed by atoms with Crippen molar-refractivity contribution in [3.05, 3.63) is 93.6 Å². The van der Waals surface area contributed by atoms with Crippen molar-refractivity contribution >= 4 is 34.2 Å². The lowest BCUT2D eigenvalue weighted by Crippen LogP contribution is -2.22. The van der Waals surface area contributed by atoms with Crippen LogP contribution in [0.5, 0.6) is 0 Å². The lowest BCUT2D eigenvalue weighted by Gasteiger charge is -2.12. The summed E-state index contributed by atoms with van der Waals surface area (Å²) < 4.78 is 1.50. The minimum atomic E-state index is -0.326. The van der Waals surface area contributed by atoms with E-state index in [2.05, 4.69) is 15.3 Å². The zero-order valence-electron chi connectivity index (χ0n) is 14.9. The van der Waals surface area contributed by atoms with Gasteiger partial charge in [-0.3, -0.25) is 14.2 Å². The van der Waals surface area contributed by atoms with Crippen molar-refractivity contribution in [3.63, 3.8) is 0 Å². The van der Waals surface area contributed by atoms with Crippen molar-refractivity contribution in [2.45, 2.75) is 6.92 Å². The van der Waals surface area contributed by atoms with E-state index in [-0.39, 0.29) is 11.5 Å². The van der Waals surface area contributed by atoms with Crippen LogP contribution in [0.25, 0.3) is 16.7 Å². The summed E-state index contributed by atoms with van der Waals surface area (Å²) in [4.78, 5) is 34.0. The molecule has 4 aromatic rings. The molecule has 28 heavy (non-hydrogen) atoms. The minimum Gasteiger partial charge on any atom is -0.322 e. The molecule has 0 bridgehead atoms. The second-order valence-corrected chi connectivity index (χ2v) is 6.57. The Morgan fingerprint density at radius 3 is 2.71 bits per heavy atom. The van der Waals surface area contributed by atoms with Gasteiger partial charge < -0.3 is 5.32 Å². The number of fused-ring (bicyclic) bond motifs is 1. The second kappa shape index (κ2) is 7.25. The summed E-state index contributed by atoms with van der Waals surface area (Å²) in [5.41, 5.74) is 1.70. The fraction of sp³-hybridized carbons (Fsp3) is 0.0476. The molecule has 0 aliphatic carbocycles. The molecule has 0 aliphatic rings. The normalized spacial score (nSPS) is 10.8. The van der Waals surface area contributed by atoms with E-state index < -0.39 is 0 Å². The summed E-state index contributed by atoms with van der Waals surface area (Å²) in [5.74, 6) is 0.179. The molecule has 1 N–H and O–H groups in total. The number of nitrogens with zero attached hydrogens (tertiary/aromatic N) is 3. The summed E-state index contributed by atoms with van der Waals surface area (Å²) in [5, 5.41) is 3.61. The van der Waals surface area contributed by atoms with Gasteiger partial charge in [0, 0.05) is 11.9 Å². The summed E-state index contributed by atoms with van der Waals surface area (Å²) in [6, 6.07) is 17.2. The maximum atomic E-state index is 12.9. The van der Waals surface area contributed by atoms with Crippen molar-refractivity contribution in [2.24, 2.45) is 0 Å². The highest BCUT2D eigenvalue weighted by atomic mass is 35.5. The number of hydrogen-bond acceptors (Lipinski definition) is 4. The average Bonchev–Trinajstić information content (AvgIpc) is 2.68. The monoisotopic (exact) mass is 390 g/mol. The van der Waals surface area contributed by atoms with Crippen LogP contribution in [0.4, 0.5) is 5.69 Å². The molecule has 6 nitrogen and oxygen atoms in total. The Morgan fingerprint density at radius 2 is 1.89 bits per heavy atom. The van der Waals surface area contributed by atoms with Gasteiger partial charge in [0.1, 0.15) is 5.82 Å². The van der Waals surface area contributed by atoms with Crippen LogP contribution in [0.3, 0.4) is 0 Å². The first kappa shape index (κ1) is 17.9. The smallest absolute Gasteiger partial charge is 0.267 e. The van der Waals surface area contributed by atoms with Gasteiger partial charge >= 0.3 is 0 Å². The third kappa shape index (κ3) is 3.25. The molecule has 7 heteroatoms. The van der Waals surface area contributed by atoms with Gasteiger partial charge in [0.25, 0.3) is 11.5 Å². The third-order valence-corrected chi connectivity index (χ3v) is 4.62. The second-order valence-electron chi connectivity index (χ2n) is 6.16. The van der Waals surface area contributed by atoms with E-state index in [1.54, 1.807) is 73.8 Å². The number of pyridine rings is 1. The number of amides is 1. The molecule has 138 valence electrons.